The van der Waals surface area contributed by atoms with Crippen LogP contribution >= 0.6 is 0 Å². The minimum absolute atomic E-state index is 0.0646. The van der Waals surface area contributed by atoms with E-state index in [1.807, 2.05) is 47.9 Å². The highest BCUT2D eigenvalue weighted by molar-refractivity contribution is 5.78. The number of pyridine rings is 1. The Bertz CT molecular complexity index is 850. The fraction of sp³-hybridized carbons (Fsp3) is 0.609. The van der Waals surface area contributed by atoms with Gasteiger partial charge in [0.05, 0.1) is 30.6 Å². The molecule has 2 fully saturated rings. The van der Waals surface area contributed by atoms with Gasteiger partial charge < -0.3 is 14.4 Å². The van der Waals surface area contributed by atoms with Crippen molar-refractivity contribution >= 4 is 5.91 Å². The fourth-order valence-electron chi connectivity index (χ4n) is 4.42. The zero-order valence-electron chi connectivity index (χ0n) is 18.6. The summed E-state index contributed by atoms with van der Waals surface area (Å²) in [5.74, 6) is 0.679. The average molecular weight is 428 g/mol. The second-order valence-corrected chi connectivity index (χ2v) is 8.69. The highest BCUT2D eigenvalue weighted by Crippen LogP contribution is 2.20. The lowest BCUT2D eigenvalue weighted by Gasteiger charge is -2.30. The monoisotopic (exact) mass is 427 g/mol. The molecule has 2 aliphatic rings. The molecule has 2 aliphatic heterocycles. The number of rotatable bonds is 7. The van der Waals surface area contributed by atoms with Crippen molar-refractivity contribution in [3.8, 4) is 0 Å². The molecule has 2 aromatic heterocycles. The van der Waals surface area contributed by atoms with Crippen molar-refractivity contribution in [2.75, 3.05) is 39.4 Å². The van der Waals surface area contributed by atoms with Crippen molar-refractivity contribution in [2.45, 2.75) is 39.0 Å². The normalized spacial score (nSPS) is 21.4. The molecule has 4 heterocycles. The number of aromatic nitrogens is 3. The van der Waals surface area contributed by atoms with Crippen molar-refractivity contribution < 1.29 is 14.3 Å². The average Bonchev–Trinajstić information content (AvgIpc) is 3.00. The van der Waals surface area contributed by atoms with Gasteiger partial charge in [0.1, 0.15) is 0 Å². The number of carbonyl (C=O) groups is 1. The van der Waals surface area contributed by atoms with Crippen molar-refractivity contribution in [1.82, 2.24) is 24.6 Å². The maximum Gasteiger partial charge on any atom is 0.236 e. The molecular formula is C23H33N5O3. The van der Waals surface area contributed by atoms with Crippen LogP contribution in [-0.4, -0.2) is 76.0 Å². The fourth-order valence-corrected chi connectivity index (χ4v) is 4.42. The van der Waals surface area contributed by atoms with Crippen LogP contribution in [0.25, 0.3) is 0 Å². The van der Waals surface area contributed by atoms with E-state index in [1.165, 1.54) is 0 Å². The first-order valence-electron chi connectivity index (χ1n) is 11.2. The topological polar surface area (TPSA) is 72.7 Å². The highest BCUT2D eigenvalue weighted by Gasteiger charge is 2.30. The van der Waals surface area contributed by atoms with Crippen LogP contribution in [0.15, 0.2) is 30.6 Å². The Morgan fingerprint density at radius 3 is 2.77 bits per heavy atom. The summed E-state index contributed by atoms with van der Waals surface area (Å²) in [6, 6.07) is 5.84. The minimum atomic E-state index is -0.0646. The van der Waals surface area contributed by atoms with E-state index >= 15 is 0 Å². The van der Waals surface area contributed by atoms with E-state index in [0.717, 1.165) is 49.6 Å². The maximum atomic E-state index is 13.2. The summed E-state index contributed by atoms with van der Waals surface area (Å²) in [4.78, 5) is 21.7. The standard InChI is InChI=1S/C23H33N5O3/c1-18-20(12-26(2)25-18)13-27-14-22(31-17-21-5-3-4-8-24-21)15-28(23(29)16-27)11-19-6-9-30-10-7-19/h3-5,8,12,19,22H,6-7,9-11,13-17H2,1-2H3/t22-/m0/s1. The van der Waals surface area contributed by atoms with Crippen LogP contribution in [0.2, 0.25) is 0 Å². The number of aryl methyl sites for hydroxylation is 2. The Hall–Kier alpha value is -2.29. The van der Waals surface area contributed by atoms with E-state index in [1.54, 1.807) is 6.20 Å². The summed E-state index contributed by atoms with van der Waals surface area (Å²) in [7, 11) is 1.93. The summed E-state index contributed by atoms with van der Waals surface area (Å²) in [5.41, 5.74) is 3.06. The molecule has 0 bridgehead atoms. The van der Waals surface area contributed by atoms with Crippen molar-refractivity contribution in [2.24, 2.45) is 13.0 Å². The van der Waals surface area contributed by atoms with Gasteiger partial charge in [-0.3, -0.25) is 19.4 Å². The number of ether oxygens (including phenoxy) is 2. The first-order chi connectivity index (χ1) is 15.1. The first-order valence-corrected chi connectivity index (χ1v) is 11.2. The van der Waals surface area contributed by atoms with Gasteiger partial charge in [0, 0.05) is 64.4 Å². The van der Waals surface area contributed by atoms with Gasteiger partial charge in [0.2, 0.25) is 5.91 Å². The third kappa shape index (κ3) is 6.12. The van der Waals surface area contributed by atoms with E-state index in [4.69, 9.17) is 9.47 Å². The summed E-state index contributed by atoms with van der Waals surface area (Å²) in [6.45, 7) is 7.25. The van der Waals surface area contributed by atoms with E-state index in [0.29, 0.717) is 38.7 Å². The van der Waals surface area contributed by atoms with Crippen LogP contribution in [0.1, 0.15) is 29.8 Å². The van der Waals surface area contributed by atoms with E-state index in [-0.39, 0.29) is 12.0 Å². The Labute approximate surface area is 184 Å². The van der Waals surface area contributed by atoms with Gasteiger partial charge in [-0.15, -0.1) is 0 Å². The predicted octanol–water partition coefficient (Wildman–Crippen LogP) is 1.78. The summed E-state index contributed by atoms with van der Waals surface area (Å²) in [6.07, 6.45) is 5.78. The molecule has 4 rings (SSSR count). The molecule has 168 valence electrons. The smallest absolute Gasteiger partial charge is 0.236 e. The summed E-state index contributed by atoms with van der Waals surface area (Å²) in [5, 5.41) is 4.45. The van der Waals surface area contributed by atoms with Crippen LogP contribution in [0.5, 0.6) is 0 Å². The SMILES string of the molecule is Cc1nn(C)cc1CN1CC(=O)N(CC2CCOCC2)C[C@@H](OCc2ccccn2)C1. The van der Waals surface area contributed by atoms with Crippen LogP contribution in [-0.2, 0) is 34.5 Å². The lowest BCUT2D eigenvalue weighted by Crippen LogP contribution is -2.42. The molecule has 0 aromatic carbocycles. The van der Waals surface area contributed by atoms with Gasteiger partial charge in [-0.05, 0) is 37.8 Å². The van der Waals surface area contributed by atoms with Gasteiger partial charge in [-0.2, -0.15) is 5.10 Å². The Morgan fingerprint density at radius 2 is 2.06 bits per heavy atom. The third-order valence-corrected chi connectivity index (χ3v) is 6.12. The Morgan fingerprint density at radius 1 is 1.23 bits per heavy atom. The van der Waals surface area contributed by atoms with Crippen molar-refractivity contribution in [1.29, 1.82) is 0 Å². The quantitative estimate of drug-likeness (QED) is 0.671. The zero-order chi connectivity index (χ0) is 21.6. The van der Waals surface area contributed by atoms with Gasteiger partial charge in [0.25, 0.3) is 0 Å². The Kier molecular flexibility index (Phi) is 7.32. The molecule has 8 nitrogen and oxygen atoms in total. The maximum absolute atomic E-state index is 13.2. The number of carbonyl (C=O) groups excluding carboxylic acids is 1. The van der Waals surface area contributed by atoms with Crippen molar-refractivity contribution in [3.63, 3.8) is 0 Å². The lowest BCUT2D eigenvalue weighted by molar-refractivity contribution is -0.133. The third-order valence-electron chi connectivity index (χ3n) is 6.12. The molecular weight excluding hydrogens is 394 g/mol. The van der Waals surface area contributed by atoms with Gasteiger partial charge >= 0.3 is 0 Å². The summed E-state index contributed by atoms with van der Waals surface area (Å²) < 4.78 is 13.6. The predicted molar refractivity (Wildman–Crippen MR) is 116 cm³/mol. The molecule has 0 radical (unpaired) electrons. The molecule has 0 aliphatic carbocycles. The molecule has 8 heteroatoms. The van der Waals surface area contributed by atoms with Gasteiger partial charge in [-0.1, -0.05) is 6.07 Å². The number of amides is 1. The second kappa shape index (κ2) is 10.3. The lowest BCUT2D eigenvalue weighted by atomic mass is 9.99. The molecule has 0 saturated carbocycles. The second-order valence-electron chi connectivity index (χ2n) is 8.69. The molecule has 1 amide bonds. The molecule has 1 atom stereocenters. The number of nitrogens with zero attached hydrogens (tertiary/aromatic N) is 5. The largest absolute Gasteiger partial charge is 0.381 e. The molecule has 0 unspecified atom stereocenters. The van der Waals surface area contributed by atoms with E-state index in [9.17, 15) is 4.79 Å². The van der Waals surface area contributed by atoms with E-state index < -0.39 is 0 Å². The molecule has 2 aromatic rings. The highest BCUT2D eigenvalue weighted by atomic mass is 16.5. The van der Waals surface area contributed by atoms with Crippen LogP contribution in [0, 0.1) is 12.8 Å². The van der Waals surface area contributed by atoms with Gasteiger partial charge in [0.15, 0.2) is 0 Å². The Balaban J connectivity index is 1.45. The number of hydrogen-bond donors (Lipinski definition) is 0. The molecule has 2 saturated heterocycles. The zero-order valence-corrected chi connectivity index (χ0v) is 18.6. The molecule has 0 spiro atoms. The molecule has 31 heavy (non-hydrogen) atoms. The van der Waals surface area contributed by atoms with E-state index in [2.05, 4.69) is 15.0 Å². The summed E-state index contributed by atoms with van der Waals surface area (Å²) >= 11 is 0. The van der Waals surface area contributed by atoms with Gasteiger partial charge in [-0.25, -0.2) is 0 Å². The van der Waals surface area contributed by atoms with Crippen LogP contribution in [0.3, 0.4) is 0 Å². The van der Waals surface area contributed by atoms with Crippen LogP contribution < -0.4 is 0 Å². The molecule has 0 N–H and O–H groups in total. The first kappa shape index (κ1) is 21.9. The minimum Gasteiger partial charge on any atom is -0.381 e. The van der Waals surface area contributed by atoms with Crippen molar-refractivity contribution in [3.05, 3.63) is 47.5 Å². The van der Waals surface area contributed by atoms with Crippen LogP contribution in [0.4, 0.5) is 0 Å². The number of hydrogen-bond acceptors (Lipinski definition) is 6.